The second-order valence-corrected chi connectivity index (χ2v) is 9.34. The van der Waals surface area contributed by atoms with Crippen LogP contribution in [0.4, 0.5) is 64.1 Å². The highest BCUT2D eigenvalue weighted by Gasteiger charge is 2.54. The van der Waals surface area contributed by atoms with Crippen molar-refractivity contribution in [1.29, 1.82) is 0 Å². The van der Waals surface area contributed by atoms with Crippen molar-refractivity contribution in [3.8, 4) is 0 Å². The van der Waals surface area contributed by atoms with Crippen LogP contribution in [-0.2, 0) is 37.8 Å². The molecular weight excluding hydrogens is 600 g/mol. The first-order valence-electron chi connectivity index (χ1n) is 11.6. The van der Waals surface area contributed by atoms with E-state index >= 15 is 0 Å². The first-order chi connectivity index (χ1) is 19.2. The molecule has 0 N–H and O–H groups in total. The lowest BCUT2D eigenvalue weighted by Crippen LogP contribution is -2.30. The van der Waals surface area contributed by atoms with Gasteiger partial charge in [0.1, 0.15) is 0 Å². The summed E-state index contributed by atoms with van der Waals surface area (Å²) in [6, 6.07) is 4.80. The lowest BCUT2D eigenvalue weighted by atomic mass is 9.88. The first kappa shape index (κ1) is 29.3. The minimum atomic E-state index is -5.49. The molecule has 0 saturated heterocycles. The van der Waals surface area contributed by atoms with Gasteiger partial charge in [-0.1, -0.05) is 0 Å². The molecule has 16 heteroatoms. The van der Waals surface area contributed by atoms with Crippen LogP contribution in [0.2, 0.25) is 0 Å². The van der Waals surface area contributed by atoms with Crippen LogP contribution in [0, 0.1) is 0 Å². The highest BCUT2D eigenvalue weighted by Crippen LogP contribution is 2.51. The first-order valence-corrected chi connectivity index (χ1v) is 11.6. The van der Waals surface area contributed by atoms with Gasteiger partial charge in [0.25, 0.3) is 11.8 Å². The van der Waals surface area contributed by atoms with Gasteiger partial charge < -0.3 is 4.90 Å². The maximum absolute atomic E-state index is 14.4. The van der Waals surface area contributed by atoms with Gasteiger partial charge in [0.15, 0.2) is 0 Å². The number of nitrogens with zero attached hydrogens (tertiary/aromatic N) is 2. The average Bonchev–Trinajstić information content (AvgIpc) is 3.39. The third kappa shape index (κ3) is 4.71. The van der Waals surface area contributed by atoms with E-state index in [1.54, 1.807) is 0 Å². The lowest BCUT2D eigenvalue weighted by molar-refractivity contribution is -0.142. The molecule has 42 heavy (non-hydrogen) atoms. The standard InChI is InChI=1S/C26H12F12N2O2/c27-23(28,29)11-1-5-13(6-2-11)39-9-15-16(10-39)20(26(36,37)38)18-17(19(15)25(33,34)35)21(41)40(22(18)42)14-7-3-12(4-8-14)24(30,31)32/h1-8H,9-10H2. The Morgan fingerprint density at radius 2 is 0.810 bits per heavy atom. The molecule has 2 heterocycles. The van der Waals surface area contributed by atoms with Gasteiger partial charge in [0.2, 0.25) is 0 Å². The van der Waals surface area contributed by atoms with Crippen molar-refractivity contribution >= 4 is 23.2 Å². The van der Waals surface area contributed by atoms with Gasteiger partial charge >= 0.3 is 24.7 Å². The Morgan fingerprint density at radius 3 is 1.12 bits per heavy atom. The molecule has 0 unspecified atom stereocenters. The monoisotopic (exact) mass is 612 g/mol. The quantitative estimate of drug-likeness (QED) is 0.217. The number of imide groups is 1. The minimum Gasteiger partial charge on any atom is -0.363 e. The smallest absolute Gasteiger partial charge is 0.363 e. The molecule has 3 aromatic carbocycles. The van der Waals surface area contributed by atoms with E-state index in [-0.39, 0.29) is 10.6 Å². The van der Waals surface area contributed by atoms with E-state index in [1.165, 1.54) is 0 Å². The summed E-state index contributed by atoms with van der Waals surface area (Å²) in [5.41, 5.74) is -12.2. The largest absolute Gasteiger partial charge is 0.417 e. The fourth-order valence-corrected chi connectivity index (χ4v) is 5.09. The van der Waals surface area contributed by atoms with E-state index in [0.717, 1.165) is 17.0 Å². The Morgan fingerprint density at radius 1 is 0.476 bits per heavy atom. The summed E-state index contributed by atoms with van der Waals surface area (Å²) < 4.78 is 164. The summed E-state index contributed by atoms with van der Waals surface area (Å²) in [6.45, 7) is -1.82. The number of amides is 2. The van der Waals surface area contributed by atoms with E-state index in [2.05, 4.69) is 0 Å². The van der Waals surface area contributed by atoms with Crippen LogP contribution < -0.4 is 9.80 Å². The number of carbonyl (C=O) groups excluding carboxylic acids is 2. The molecular formula is C26H12F12N2O2. The molecule has 4 nitrogen and oxygen atoms in total. The predicted octanol–water partition coefficient (Wildman–Crippen LogP) is 8.08. The van der Waals surface area contributed by atoms with Crippen molar-refractivity contribution in [3.63, 3.8) is 0 Å². The molecule has 0 fully saturated rings. The fraction of sp³-hybridized carbons (Fsp3) is 0.231. The van der Waals surface area contributed by atoms with Crippen LogP contribution in [0.5, 0.6) is 0 Å². The number of fused-ring (bicyclic) bond motifs is 2. The summed E-state index contributed by atoms with van der Waals surface area (Å²) >= 11 is 0. The number of carbonyl (C=O) groups is 2. The van der Waals surface area contributed by atoms with Crippen LogP contribution in [0.25, 0.3) is 0 Å². The Bertz CT molecular complexity index is 1540. The third-order valence-electron chi connectivity index (χ3n) is 6.83. The Kier molecular flexibility index (Phi) is 6.36. The summed E-state index contributed by atoms with van der Waals surface area (Å²) in [5, 5.41) is 0. The Balaban J connectivity index is 1.68. The molecule has 2 aliphatic rings. The summed E-state index contributed by atoms with van der Waals surface area (Å²) in [7, 11) is 0. The van der Waals surface area contributed by atoms with Crippen molar-refractivity contribution in [2.45, 2.75) is 37.8 Å². The van der Waals surface area contributed by atoms with Crippen molar-refractivity contribution in [1.82, 2.24) is 0 Å². The molecule has 2 amide bonds. The van der Waals surface area contributed by atoms with Gasteiger partial charge in [-0.3, -0.25) is 9.59 Å². The van der Waals surface area contributed by atoms with E-state index in [9.17, 15) is 62.3 Å². The number of benzene rings is 3. The molecule has 0 saturated carbocycles. The molecule has 0 radical (unpaired) electrons. The highest BCUT2D eigenvalue weighted by molar-refractivity contribution is 6.35. The third-order valence-corrected chi connectivity index (χ3v) is 6.83. The molecule has 0 aliphatic carbocycles. The van der Waals surface area contributed by atoms with Crippen LogP contribution in [0.1, 0.15) is 54.1 Å². The highest BCUT2D eigenvalue weighted by atomic mass is 19.4. The van der Waals surface area contributed by atoms with Gasteiger partial charge in [-0.15, -0.1) is 0 Å². The molecule has 0 atom stereocenters. The van der Waals surface area contributed by atoms with Crippen LogP contribution in [-0.4, -0.2) is 11.8 Å². The SMILES string of the molecule is O=C1c2c(c(C(F)(F)F)c3c(c2C(F)(F)F)CN(c2ccc(C(F)(F)F)cc2)C3)C(=O)N1c1ccc(C(F)(F)F)cc1. The number of anilines is 2. The van der Waals surface area contributed by atoms with Crippen molar-refractivity contribution in [3.05, 3.63) is 93.0 Å². The molecule has 3 aromatic rings. The van der Waals surface area contributed by atoms with Crippen LogP contribution in [0.15, 0.2) is 48.5 Å². The van der Waals surface area contributed by atoms with E-state index in [0.29, 0.717) is 36.4 Å². The fourth-order valence-electron chi connectivity index (χ4n) is 5.09. The Labute approximate surface area is 226 Å². The normalized spacial score (nSPS) is 15.9. The van der Waals surface area contributed by atoms with E-state index in [4.69, 9.17) is 0 Å². The number of alkyl halides is 12. The molecule has 0 bridgehead atoms. The zero-order chi connectivity index (χ0) is 31.2. The number of hydrogen-bond donors (Lipinski definition) is 0. The molecule has 2 aliphatic heterocycles. The Hall–Kier alpha value is -4.24. The topological polar surface area (TPSA) is 40.6 Å². The second-order valence-electron chi connectivity index (χ2n) is 9.34. The number of rotatable bonds is 2. The number of hydrogen-bond acceptors (Lipinski definition) is 3. The predicted molar refractivity (Wildman–Crippen MR) is 120 cm³/mol. The minimum absolute atomic E-state index is 0.0574. The van der Waals surface area contributed by atoms with E-state index in [1.807, 2.05) is 0 Å². The van der Waals surface area contributed by atoms with Gasteiger partial charge in [-0.25, -0.2) is 4.90 Å². The summed E-state index contributed by atoms with van der Waals surface area (Å²) in [5.74, 6) is -3.66. The zero-order valence-corrected chi connectivity index (χ0v) is 20.3. The molecule has 5 rings (SSSR count). The maximum Gasteiger partial charge on any atom is 0.417 e. The summed E-state index contributed by atoms with van der Waals surface area (Å²) in [4.78, 5) is 27.3. The summed E-state index contributed by atoms with van der Waals surface area (Å²) in [6.07, 6.45) is -20.6. The van der Waals surface area contributed by atoms with Gasteiger partial charge in [-0.2, -0.15) is 52.7 Å². The van der Waals surface area contributed by atoms with E-state index < -0.39 is 99.8 Å². The molecule has 0 spiro atoms. The second kappa shape index (κ2) is 9.13. The van der Waals surface area contributed by atoms with Crippen LogP contribution in [0.3, 0.4) is 0 Å². The van der Waals surface area contributed by atoms with Gasteiger partial charge in [0, 0.05) is 18.8 Å². The zero-order valence-electron chi connectivity index (χ0n) is 20.3. The van der Waals surface area contributed by atoms with Crippen molar-refractivity contribution in [2.75, 3.05) is 9.80 Å². The van der Waals surface area contributed by atoms with Gasteiger partial charge in [0.05, 0.1) is 39.1 Å². The van der Waals surface area contributed by atoms with Crippen molar-refractivity contribution in [2.24, 2.45) is 0 Å². The number of halogens is 12. The maximum atomic E-state index is 14.4. The van der Waals surface area contributed by atoms with Crippen LogP contribution >= 0.6 is 0 Å². The lowest BCUT2D eigenvalue weighted by Gasteiger charge is -2.20. The van der Waals surface area contributed by atoms with Crippen molar-refractivity contribution < 1.29 is 62.3 Å². The molecule has 0 aromatic heterocycles. The average molecular weight is 612 g/mol. The van der Waals surface area contributed by atoms with Gasteiger partial charge in [-0.05, 0) is 59.7 Å². The molecule has 222 valence electrons.